The van der Waals surface area contributed by atoms with Gasteiger partial charge in [0, 0.05) is 11.1 Å². The molecular weight excluding hydrogens is 570 g/mol. The first-order valence-electron chi connectivity index (χ1n) is 14.3. The fourth-order valence-corrected chi connectivity index (χ4v) is 5.63. The molecule has 0 aliphatic heterocycles. The molecule has 6 heteroatoms. The third-order valence-corrected chi connectivity index (χ3v) is 9.16. The second kappa shape index (κ2) is 12.1. The average molecular weight is 605 g/mol. The second-order valence-electron chi connectivity index (χ2n) is 11.5. The zero-order chi connectivity index (χ0) is 32.7. The van der Waals surface area contributed by atoms with Gasteiger partial charge in [-0.25, -0.2) is 0 Å². The lowest BCUT2D eigenvalue weighted by molar-refractivity contribution is -0.138. The maximum atomic E-state index is 13.4. The van der Waals surface area contributed by atoms with E-state index in [2.05, 4.69) is 23.7 Å². The standard InChI is InChI=1S/C38H34F6/c1-21-22(2)26(6)33(25(21)5)17-19-35(29-9-13-31(14-10-29)37(39,40)41)36(30-11-15-32(16-12-30)38(42,43)44)20-18-34-27(7)23(3)24(4)28(34)8/h9-16,33-34H,1-8H3/b36-35+. The largest absolute Gasteiger partial charge is 0.416 e. The third-order valence-electron chi connectivity index (χ3n) is 9.16. The predicted molar refractivity (Wildman–Crippen MR) is 166 cm³/mol. The van der Waals surface area contributed by atoms with Crippen LogP contribution < -0.4 is 0 Å². The quantitative estimate of drug-likeness (QED) is 0.182. The van der Waals surface area contributed by atoms with Gasteiger partial charge < -0.3 is 0 Å². The van der Waals surface area contributed by atoms with Crippen molar-refractivity contribution in [2.45, 2.75) is 67.7 Å². The summed E-state index contributed by atoms with van der Waals surface area (Å²) < 4.78 is 80.7. The summed E-state index contributed by atoms with van der Waals surface area (Å²) in [5.41, 5.74) is 8.75. The summed E-state index contributed by atoms with van der Waals surface area (Å²) in [5, 5.41) is 0. The Morgan fingerprint density at radius 1 is 0.455 bits per heavy atom. The molecule has 2 aromatic carbocycles. The first-order chi connectivity index (χ1) is 20.4. The molecule has 0 saturated heterocycles. The molecule has 0 amide bonds. The summed E-state index contributed by atoms with van der Waals surface area (Å²) in [6, 6.07) is 9.31. The second-order valence-corrected chi connectivity index (χ2v) is 11.5. The SMILES string of the molecule is CC1=C(C)C(C#C/C(=C(/C#CC2C(C)=C(C)C(C)=C2C)c2ccc(C(F)(F)F)cc2)c2ccc(C(F)(F)F)cc2)C(C)=C1C. The summed E-state index contributed by atoms with van der Waals surface area (Å²) in [6.07, 6.45) is -9.06. The zero-order valence-corrected chi connectivity index (χ0v) is 26.0. The van der Waals surface area contributed by atoms with Crippen molar-refractivity contribution in [3.05, 3.63) is 115 Å². The highest BCUT2D eigenvalue weighted by Gasteiger charge is 2.31. The van der Waals surface area contributed by atoms with Crippen LogP contribution in [0.15, 0.2) is 93.1 Å². The first kappa shape index (κ1) is 32.7. The van der Waals surface area contributed by atoms with Gasteiger partial charge in [0.15, 0.2) is 0 Å². The van der Waals surface area contributed by atoms with E-state index in [0.717, 1.165) is 68.9 Å². The van der Waals surface area contributed by atoms with E-state index >= 15 is 0 Å². The predicted octanol–water partition coefficient (Wildman–Crippen LogP) is 11.2. The lowest BCUT2D eigenvalue weighted by atomic mass is 9.90. The van der Waals surface area contributed by atoms with E-state index in [1.54, 1.807) is 0 Å². The molecule has 2 aliphatic rings. The number of hydrogen-bond donors (Lipinski definition) is 0. The number of alkyl halides is 6. The lowest BCUT2D eigenvalue weighted by Crippen LogP contribution is -2.05. The molecule has 0 spiro atoms. The van der Waals surface area contributed by atoms with E-state index in [4.69, 9.17) is 0 Å². The van der Waals surface area contributed by atoms with Crippen LogP contribution in [0.25, 0.3) is 11.1 Å². The number of allylic oxidation sites excluding steroid dienone is 10. The molecule has 0 atom stereocenters. The fraction of sp³-hybridized carbons (Fsp3) is 0.316. The van der Waals surface area contributed by atoms with Gasteiger partial charge in [-0.3, -0.25) is 0 Å². The molecule has 2 aliphatic carbocycles. The van der Waals surface area contributed by atoms with Crippen molar-refractivity contribution in [1.29, 1.82) is 0 Å². The van der Waals surface area contributed by atoms with Crippen LogP contribution in [0.3, 0.4) is 0 Å². The summed E-state index contributed by atoms with van der Waals surface area (Å²) in [7, 11) is 0. The van der Waals surface area contributed by atoms with E-state index < -0.39 is 23.5 Å². The Hall–Kier alpha value is -4.16. The minimum absolute atomic E-state index is 0.197. The molecule has 0 heterocycles. The van der Waals surface area contributed by atoms with Gasteiger partial charge in [0.1, 0.15) is 0 Å². The van der Waals surface area contributed by atoms with Gasteiger partial charge in [0.25, 0.3) is 0 Å². The molecule has 0 radical (unpaired) electrons. The van der Waals surface area contributed by atoms with Gasteiger partial charge in [-0.1, -0.05) is 70.2 Å². The highest BCUT2D eigenvalue weighted by molar-refractivity contribution is 6.04. The highest BCUT2D eigenvalue weighted by atomic mass is 19.4. The van der Waals surface area contributed by atoms with Crippen LogP contribution in [-0.2, 0) is 12.4 Å². The van der Waals surface area contributed by atoms with Crippen molar-refractivity contribution in [3.63, 3.8) is 0 Å². The maximum Gasteiger partial charge on any atom is 0.416 e. The van der Waals surface area contributed by atoms with Gasteiger partial charge >= 0.3 is 12.4 Å². The van der Waals surface area contributed by atoms with Crippen molar-refractivity contribution < 1.29 is 26.3 Å². The van der Waals surface area contributed by atoms with Gasteiger partial charge in [0.2, 0.25) is 0 Å². The number of halogens is 6. The summed E-state index contributed by atoms with van der Waals surface area (Å²) in [5.74, 6) is 12.7. The normalized spacial score (nSPS) is 17.2. The van der Waals surface area contributed by atoms with Gasteiger partial charge in [0.05, 0.1) is 23.0 Å². The first-order valence-corrected chi connectivity index (χ1v) is 14.3. The Bertz CT molecular complexity index is 1590. The van der Waals surface area contributed by atoms with Crippen LogP contribution in [0.4, 0.5) is 26.3 Å². The average Bonchev–Trinajstić information content (AvgIpc) is 3.27. The molecule has 0 nitrogen and oxygen atoms in total. The molecule has 0 bridgehead atoms. The summed E-state index contributed by atoms with van der Waals surface area (Å²) in [4.78, 5) is 0. The van der Waals surface area contributed by atoms with Crippen LogP contribution in [0, 0.1) is 35.5 Å². The highest BCUT2D eigenvalue weighted by Crippen LogP contribution is 2.39. The molecule has 0 unspecified atom stereocenters. The van der Waals surface area contributed by atoms with E-state index in [1.165, 1.54) is 24.3 Å². The number of rotatable bonds is 2. The van der Waals surface area contributed by atoms with Crippen LogP contribution in [-0.4, -0.2) is 0 Å². The number of benzene rings is 2. The molecule has 4 rings (SSSR count). The lowest BCUT2D eigenvalue weighted by Gasteiger charge is -2.13. The van der Waals surface area contributed by atoms with Crippen LogP contribution in [0.5, 0.6) is 0 Å². The van der Waals surface area contributed by atoms with Crippen molar-refractivity contribution in [1.82, 2.24) is 0 Å². The molecule has 0 fully saturated rings. The van der Waals surface area contributed by atoms with Gasteiger partial charge in [-0.2, -0.15) is 26.3 Å². The van der Waals surface area contributed by atoms with Crippen LogP contribution in [0.1, 0.15) is 77.6 Å². The molecule has 0 N–H and O–H groups in total. The number of hydrogen-bond acceptors (Lipinski definition) is 0. The van der Waals surface area contributed by atoms with Gasteiger partial charge in [-0.15, -0.1) is 0 Å². The van der Waals surface area contributed by atoms with Crippen molar-refractivity contribution >= 4 is 11.1 Å². The van der Waals surface area contributed by atoms with E-state index in [-0.39, 0.29) is 11.8 Å². The van der Waals surface area contributed by atoms with Crippen molar-refractivity contribution in [3.8, 4) is 23.7 Å². The Kier molecular flexibility index (Phi) is 8.99. The minimum atomic E-state index is -4.53. The molecule has 228 valence electrons. The van der Waals surface area contributed by atoms with E-state index in [9.17, 15) is 26.3 Å². The molecule has 44 heavy (non-hydrogen) atoms. The zero-order valence-electron chi connectivity index (χ0n) is 26.0. The van der Waals surface area contributed by atoms with Crippen molar-refractivity contribution in [2.75, 3.05) is 0 Å². The smallest absolute Gasteiger partial charge is 0.166 e. The maximum absolute atomic E-state index is 13.4. The van der Waals surface area contributed by atoms with Crippen molar-refractivity contribution in [2.24, 2.45) is 11.8 Å². The fourth-order valence-electron chi connectivity index (χ4n) is 5.63. The molecule has 2 aromatic rings. The Balaban J connectivity index is 2.02. The summed E-state index contributed by atoms with van der Waals surface area (Å²) in [6.45, 7) is 16.1. The minimum Gasteiger partial charge on any atom is -0.166 e. The van der Waals surface area contributed by atoms with E-state index in [1.807, 2.05) is 55.4 Å². The van der Waals surface area contributed by atoms with Gasteiger partial charge in [-0.05, 0) is 113 Å². The summed E-state index contributed by atoms with van der Waals surface area (Å²) >= 11 is 0. The molecular formula is C38H34F6. The van der Waals surface area contributed by atoms with Crippen LogP contribution >= 0.6 is 0 Å². The van der Waals surface area contributed by atoms with Crippen LogP contribution in [0.2, 0.25) is 0 Å². The molecule has 0 saturated carbocycles. The Morgan fingerprint density at radius 2 is 0.705 bits per heavy atom. The Labute approximate surface area is 256 Å². The topological polar surface area (TPSA) is 0 Å². The Morgan fingerprint density at radius 3 is 0.932 bits per heavy atom. The monoisotopic (exact) mass is 604 g/mol. The third kappa shape index (κ3) is 6.36. The molecule has 0 aromatic heterocycles. The van der Waals surface area contributed by atoms with E-state index in [0.29, 0.717) is 22.3 Å².